The molecule has 8 heavy (non-hydrogen) atoms. The first-order valence-corrected chi connectivity index (χ1v) is 2.20. The van der Waals surface area contributed by atoms with E-state index in [2.05, 4.69) is 0 Å². The van der Waals surface area contributed by atoms with Crippen LogP contribution < -0.4 is 5.73 Å². The second kappa shape index (κ2) is 3.27. The maximum Gasteiger partial charge on any atom is 0.0313 e. The second-order valence-corrected chi connectivity index (χ2v) is 1.41. The first kappa shape index (κ1) is 7.24. The SMILES string of the molecule is Nc1ccccc1.[Si]. The molecule has 1 rings (SSSR count). The highest BCUT2D eigenvalue weighted by Crippen LogP contribution is 1.95. The third-order valence-corrected chi connectivity index (χ3v) is 0.800. The Hall–Kier alpha value is -0.763. The molecule has 0 saturated carbocycles. The summed E-state index contributed by atoms with van der Waals surface area (Å²) in [5.41, 5.74) is 6.18. The van der Waals surface area contributed by atoms with Crippen LogP contribution in [0.2, 0.25) is 0 Å². The van der Waals surface area contributed by atoms with Gasteiger partial charge in [-0.15, -0.1) is 0 Å². The van der Waals surface area contributed by atoms with E-state index in [4.69, 9.17) is 5.73 Å². The Balaban J connectivity index is 0.000000490. The molecule has 0 aliphatic rings. The second-order valence-electron chi connectivity index (χ2n) is 1.41. The quantitative estimate of drug-likeness (QED) is 0.400. The van der Waals surface area contributed by atoms with Gasteiger partial charge < -0.3 is 5.73 Å². The lowest BCUT2D eigenvalue weighted by Gasteiger charge is -1.83. The largest absolute Gasteiger partial charge is 0.399 e. The molecular formula is C6H7NSi. The molecule has 0 heterocycles. The first-order valence-electron chi connectivity index (χ1n) is 2.20. The zero-order chi connectivity index (χ0) is 5.11. The van der Waals surface area contributed by atoms with Crippen molar-refractivity contribution in [3.05, 3.63) is 30.3 Å². The van der Waals surface area contributed by atoms with E-state index in [1.54, 1.807) is 0 Å². The summed E-state index contributed by atoms with van der Waals surface area (Å²) in [4.78, 5) is 0. The molecule has 1 aromatic carbocycles. The van der Waals surface area contributed by atoms with E-state index < -0.39 is 0 Å². The molecule has 0 bridgehead atoms. The third kappa shape index (κ3) is 1.79. The molecule has 0 unspecified atom stereocenters. The molecule has 40 valence electrons. The lowest BCUT2D eigenvalue weighted by Crippen LogP contribution is -1.79. The Labute approximate surface area is 53.5 Å². The monoisotopic (exact) mass is 121 g/mol. The van der Waals surface area contributed by atoms with Crippen molar-refractivity contribution in [1.82, 2.24) is 0 Å². The Morgan fingerprint density at radius 1 is 1.00 bits per heavy atom. The maximum absolute atomic E-state index is 5.36. The van der Waals surface area contributed by atoms with Crippen LogP contribution >= 0.6 is 0 Å². The van der Waals surface area contributed by atoms with Gasteiger partial charge >= 0.3 is 0 Å². The van der Waals surface area contributed by atoms with Crippen molar-refractivity contribution in [1.29, 1.82) is 0 Å². The van der Waals surface area contributed by atoms with Gasteiger partial charge in [0.25, 0.3) is 0 Å². The van der Waals surface area contributed by atoms with Gasteiger partial charge in [0.2, 0.25) is 0 Å². The fraction of sp³-hybridized carbons (Fsp3) is 0. The van der Waals surface area contributed by atoms with Crippen LogP contribution in [0.5, 0.6) is 0 Å². The Bertz CT molecular complexity index is 138. The van der Waals surface area contributed by atoms with Crippen molar-refractivity contribution in [3.8, 4) is 0 Å². The summed E-state index contributed by atoms with van der Waals surface area (Å²) in [6, 6.07) is 9.49. The van der Waals surface area contributed by atoms with Gasteiger partial charge in [-0.25, -0.2) is 0 Å². The highest BCUT2D eigenvalue weighted by atomic mass is 28.1. The van der Waals surface area contributed by atoms with E-state index in [0.717, 1.165) is 5.69 Å². The van der Waals surface area contributed by atoms with Crippen LogP contribution in [0.25, 0.3) is 0 Å². The molecule has 0 fully saturated rings. The van der Waals surface area contributed by atoms with Gasteiger partial charge in [-0.3, -0.25) is 0 Å². The minimum Gasteiger partial charge on any atom is -0.399 e. The van der Waals surface area contributed by atoms with Gasteiger partial charge in [0.15, 0.2) is 0 Å². The summed E-state index contributed by atoms with van der Waals surface area (Å²) < 4.78 is 0. The van der Waals surface area contributed by atoms with Gasteiger partial charge in [-0.2, -0.15) is 0 Å². The highest BCUT2D eigenvalue weighted by molar-refractivity contribution is 5.75. The fourth-order valence-electron chi connectivity index (χ4n) is 0.453. The number of rotatable bonds is 0. The zero-order valence-corrected chi connectivity index (χ0v) is 5.46. The summed E-state index contributed by atoms with van der Waals surface area (Å²) in [6.07, 6.45) is 0. The molecule has 2 N–H and O–H groups in total. The van der Waals surface area contributed by atoms with Crippen molar-refractivity contribution in [2.75, 3.05) is 5.73 Å². The topological polar surface area (TPSA) is 26.0 Å². The van der Waals surface area contributed by atoms with Gasteiger partial charge in [0.1, 0.15) is 0 Å². The summed E-state index contributed by atoms with van der Waals surface area (Å²) in [5, 5.41) is 0. The first-order chi connectivity index (χ1) is 3.39. The summed E-state index contributed by atoms with van der Waals surface area (Å²) >= 11 is 0. The standard InChI is InChI=1S/C6H7N.Si/c7-6-4-2-1-3-5-6;/h1-5H,7H2;. The average Bonchev–Trinajstić information content (AvgIpc) is 1.69. The number of hydrogen-bond donors (Lipinski definition) is 1. The number of anilines is 1. The molecule has 0 amide bonds. The summed E-state index contributed by atoms with van der Waals surface area (Å²) in [7, 11) is 0. The van der Waals surface area contributed by atoms with Gasteiger partial charge in [0.05, 0.1) is 0 Å². The van der Waals surface area contributed by atoms with E-state index >= 15 is 0 Å². The normalized spacial score (nSPS) is 7.50. The molecule has 0 atom stereocenters. The molecule has 0 aromatic heterocycles. The van der Waals surface area contributed by atoms with E-state index in [0.29, 0.717) is 0 Å². The summed E-state index contributed by atoms with van der Waals surface area (Å²) in [5.74, 6) is 0. The molecule has 1 nitrogen and oxygen atoms in total. The van der Waals surface area contributed by atoms with E-state index in [1.807, 2.05) is 30.3 Å². The van der Waals surface area contributed by atoms with Crippen LogP contribution in [0.1, 0.15) is 0 Å². The minimum atomic E-state index is 0. The van der Waals surface area contributed by atoms with Crippen molar-refractivity contribution in [3.63, 3.8) is 0 Å². The van der Waals surface area contributed by atoms with Crippen LogP contribution in [0.3, 0.4) is 0 Å². The van der Waals surface area contributed by atoms with Crippen LogP contribution in [0, 0.1) is 0 Å². The lowest BCUT2D eigenvalue weighted by molar-refractivity contribution is 1.69. The molecule has 2 heteroatoms. The summed E-state index contributed by atoms with van der Waals surface area (Å²) in [6.45, 7) is 0. The predicted octanol–water partition coefficient (Wildman–Crippen LogP) is 0.888. The van der Waals surface area contributed by atoms with Crippen LogP contribution in [0.4, 0.5) is 5.69 Å². The van der Waals surface area contributed by atoms with Crippen LogP contribution in [-0.2, 0) is 0 Å². The minimum absolute atomic E-state index is 0. The molecule has 0 aliphatic heterocycles. The molecule has 0 spiro atoms. The Morgan fingerprint density at radius 2 is 1.50 bits per heavy atom. The van der Waals surface area contributed by atoms with Gasteiger partial charge in [-0.1, -0.05) is 18.2 Å². The lowest BCUT2D eigenvalue weighted by atomic mass is 10.3. The number of nitrogen functional groups attached to an aromatic ring is 1. The number of benzene rings is 1. The number of para-hydroxylation sites is 1. The van der Waals surface area contributed by atoms with Crippen LogP contribution in [-0.4, -0.2) is 11.0 Å². The number of nitrogens with two attached hydrogens (primary N) is 1. The van der Waals surface area contributed by atoms with Gasteiger partial charge in [0, 0.05) is 16.7 Å². The molecule has 0 saturated heterocycles. The van der Waals surface area contributed by atoms with Crippen molar-refractivity contribution >= 4 is 16.7 Å². The highest BCUT2D eigenvalue weighted by Gasteiger charge is 1.72. The molecule has 1 aromatic rings. The molecule has 4 radical (unpaired) electrons. The molecular weight excluding hydrogens is 114 g/mol. The van der Waals surface area contributed by atoms with E-state index in [-0.39, 0.29) is 11.0 Å². The van der Waals surface area contributed by atoms with Crippen molar-refractivity contribution < 1.29 is 0 Å². The Kier molecular flexibility index (Phi) is 2.95. The van der Waals surface area contributed by atoms with Crippen LogP contribution in [0.15, 0.2) is 30.3 Å². The maximum atomic E-state index is 5.36. The predicted molar refractivity (Wildman–Crippen MR) is 36.6 cm³/mol. The van der Waals surface area contributed by atoms with E-state index in [9.17, 15) is 0 Å². The van der Waals surface area contributed by atoms with Gasteiger partial charge in [-0.05, 0) is 12.1 Å². The fourth-order valence-corrected chi connectivity index (χ4v) is 0.453. The van der Waals surface area contributed by atoms with Crippen molar-refractivity contribution in [2.24, 2.45) is 0 Å². The van der Waals surface area contributed by atoms with E-state index in [1.165, 1.54) is 0 Å². The number of hydrogen-bond acceptors (Lipinski definition) is 1. The smallest absolute Gasteiger partial charge is 0.0313 e. The molecule has 0 aliphatic carbocycles. The third-order valence-electron chi connectivity index (χ3n) is 0.800. The zero-order valence-electron chi connectivity index (χ0n) is 4.46. The average molecular weight is 121 g/mol. The van der Waals surface area contributed by atoms with Crippen molar-refractivity contribution in [2.45, 2.75) is 0 Å². The Morgan fingerprint density at radius 3 is 1.75 bits per heavy atom.